The van der Waals surface area contributed by atoms with Crippen molar-refractivity contribution < 1.29 is 4.79 Å². The zero-order chi connectivity index (χ0) is 19.4. The standard InChI is InChI=1S/C25H22N2O/c1-25(21-13-4-2-5-14-21,22-15-6-3-7-16-22)27-23(28)18-20-11-8-10-19-12-9-17-26-24(19)20/h2-17H,18H2,1H3,(H,27,28). The molecule has 3 aromatic carbocycles. The Balaban J connectivity index is 1.66. The van der Waals surface area contributed by atoms with Crippen molar-refractivity contribution in [1.29, 1.82) is 0 Å². The number of para-hydroxylation sites is 1. The van der Waals surface area contributed by atoms with Gasteiger partial charge in [-0.05, 0) is 29.7 Å². The van der Waals surface area contributed by atoms with Crippen molar-refractivity contribution in [2.45, 2.75) is 18.9 Å². The number of aromatic nitrogens is 1. The second-order valence-electron chi connectivity index (χ2n) is 7.07. The maximum Gasteiger partial charge on any atom is 0.225 e. The first-order chi connectivity index (χ1) is 13.7. The van der Waals surface area contributed by atoms with E-state index in [9.17, 15) is 4.79 Å². The van der Waals surface area contributed by atoms with E-state index in [4.69, 9.17) is 0 Å². The maximum atomic E-state index is 13.1. The van der Waals surface area contributed by atoms with E-state index in [0.717, 1.165) is 27.6 Å². The average Bonchev–Trinajstić information content (AvgIpc) is 2.75. The van der Waals surface area contributed by atoms with Gasteiger partial charge in [0.05, 0.1) is 17.5 Å². The molecule has 0 saturated carbocycles. The molecule has 3 nitrogen and oxygen atoms in total. The Morgan fingerprint density at radius 1 is 0.821 bits per heavy atom. The highest BCUT2D eigenvalue weighted by Gasteiger charge is 2.30. The van der Waals surface area contributed by atoms with Gasteiger partial charge in [0.1, 0.15) is 0 Å². The van der Waals surface area contributed by atoms with E-state index in [-0.39, 0.29) is 12.3 Å². The molecule has 4 aromatic rings. The summed E-state index contributed by atoms with van der Waals surface area (Å²) in [6.07, 6.45) is 2.05. The van der Waals surface area contributed by atoms with E-state index in [1.807, 2.05) is 91.0 Å². The number of hydrogen-bond donors (Lipinski definition) is 1. The van der Waals surface area contributed by atoms with E-state index in [2.05, 4.69) is 17.2 Å². The van der Waals surface area contributed by atoms with Crippen LogP contribution in [0.1, 0.15) is 23.6 Å². The van der Waals surface area contributed by atoms with Gasteiger partial charge in [0.25, 0.3) is 0 Å². The third-order valence-corrected chi connectivity index (χ3v) is 5.16. The summed E-state index contributed by atoms with van der Waals surface area (Å²) in [5.41, 5.74) is 3.29. The minimum absolute atomic E-state index is 0.0339. The van der Waals surface area contributed by atoms with Gasteiger partial charge >= 0.3 is 0 Å². The number of benzene rings is 3. The minimum atomic E-state index is -0.613. The number of amides is 1. The van der Waals surface area contributed by atoms with Gasteiger partial charge in [-0.25, -0.2) is 0 Å². The quantitative estimate of drug-likeness (QED) is 0.548. The van der Waals surface area contributed by atoms with Crippen molar-refractivity contribution in [2.75, 3.05) is 0 Å². The lowest BCUT2D eigenvalue weighted by Crippen LogP contribution is -2.45. The lowest BCUT2D eigenvalue weighted by atomic mass is 9.84. The van der Waals surface area contributed by atoms with Crippen molar-refractivity contribution in [3.63, 3.8) is 0 Å². The number of nitrogens with zero attached hydrogens (tertiary/aromatic N) is 1. The molecule has 0 aliphatic heterocycles. The number of hydrogen-bond acceptors (Lipinski definition) is 2. The minimum Gasteiger partial charge on any atom is -0.342 e. The number of carbonyl (C=O) groups excluding carboxylic acids is 1. The Bertz CT molecular complexity index is 1050. The molecule has 0 radical (unpaired) electrons. The average molecular weight is 366 g/mol. The van der Waals surface area contributed by atoms with Crippen LogP contribution in [0.4, 0.5) is 0 Å². The molecule has 3 heteroatoms. The molecule has 28 heavy (non-hydrogen) atoms. The topological polar surface area (TPSA) is 42.0 Å². The van der Waals surface area contributed by atoms with Gasteiger partial charge < -0.3 is 5.32 Å². The first kappa shape index (κ1) is 17.9. The van der Waals surface area contributed by atoms with Crippen molar-refractivity contribution in [2.24, 2.45) is 0 Å². The van der Waals surface area contributed by atoms with Gasteiger partial charge in [-0.3, -0.25) is 9.78 Å². The fourth-order valence-electron chi connectivity index (χ4n) is 3.66. The molecule has 4 rings (SSSR count). The van der Waals surface area contributed by atoms with Crippen LogP contribution in [0.3, 0.4) is 0 Å². The number of pyridine rings is 1. The van der Waals surface area contributed by atoms with Crippen LogP contribution in [-0.2, 0) is 16.8 Å². The van der Waals surface area contributed by atoms with Gasteiger partial charge in [0, 0.05) is 11.6 Å². The Morgan fingerprint density at radius 2 is 1.43 bits per heavy atom. The molecule has 1 N–H and O–H groups in total. The molecule has 1 aromatic heterocycles. The molecular weight excluding hydrogens is 344 g/mol. The van der Waals surface area contributed by atoms with E-state index < -0.39 is 5.54 Å². The molecule has 0 atom stereocenters. The normalized spacial score (nSPS) is 11.3. The van der Waals surface area contributed by atoms with Crippen molar-refractivity contribution in [1.82, 2.24) is 10.3 Å². The van der Waals surface area contributed by atoms with E-state index >= 15 is 0 Å². The molecular formula is C25H22N2O. The highest BCUT2D eigenvalue weighted by Crippen LogP contribution is 2.29. The van der Waals surface area contributed by atoms with E-state index in [1.165, 1.54) is 0 Å². The summed E-state index contributed by atoms with van der Waals surface area (Å²) in [7, 11) is 0. The summed E-state index contributed by atoms with van der Waals surface area (Å²) in [6.45, 7) is 2.05. The smallest absolute Gasteiger partial charge is 0.225 e. The van der Waals surface area contributed by atoms with Gasteiger partial charge in [0.15, 0.2) is 0 Å². The van der Waals surface area contributed by atoms with Crippen LogP contribution in [0.2, 0.25) is 0 Å². The molecule has 0 aliphatic carbocycles. The van der Waals surface area contributed by atoms with Crippen molar-refractivity contribution >= 4 is 16.8 Å². The lowest BCUT2D eigenvalue weighted by molar-refractivity contribution is -0.121. The third kappa shape index (κ3) is 3.52. The number of rotatable bonds is 5. The molecule has 0 spiro atoms. The monoisotopic (exact) mass is 366 g/mol. The first-order valence-electron chi connectivity index (χ1n) is 9.41. The van der Waals surface area contributed by atoms with Crippen LogP contribution in [0.15, 0.2) is 97.2 Å². The molecule has 138 valence electrons. The van der Waals surface area contributed by atoms with Crippen LogP contribution in [0.5, 0.6) is 0 Å². The van der Waals surface area contributed by atoms with Crippen LogP contribution in [0.25, 0.3) is 10.9 Å². The fourth-order valence-corrected chi connectivity index (χ4v) is 3.66. The van der Waals surface area contributed by atoms with Gasteiger partial charge in [0.2, 0.25) is 5.91 Å². The summed E-state index contributed by atoms with van der Waals surface area (Å²) in [5, 5.41) is 4.32. The van der Waals surface area contributed by atoms with E-state index in [0.29, 0.717) is 0 Å². The Hall–Kier alpha value is -3.46. The Morgan fingerprint density at radius 3 is 2.07 bits per heavy atom. The summed E-state index contributed by atoms with van der Waals surface area (Å²) in [5.74, 6) is -0.0339. The second kappa shape index (κ2) is 7.65. The molecule has 0 fully saturated rings. The second-order valence-corrected chi connectivity index (χ2v) is 7.07. The highest BCUT2D eigenvalue weighted by atomic mass is 16.1. The fraction of sp³-hybridized carbons (Fsp3) is 0.120. The zero-order valence-corrected chi connectivity index (χ0v) is 15.8. The molecule has 1 amide bonds. The zero-order valence-electron chi connectivity index (χ0n) is 15.8. The van der Waals surface area contributed by atoms with Crippen molar-refractivity contribution in [3.8, 4) is 0 Å². The lowest BCUT2D eigenvalue weighted by Gasteiger charge is -2.32. The Labute approximate surface area is 165 Å². The molecule has 0 aliphatic rings. The molecule has 0 bridgehead atoms. The maximum absolute atomic E-state index is 13.1. The van der Waals surface area contributed by atoms with E-state index in [1.54, 1.807) is 6.20 Å². The molecule has 1 heterocycles. The van der Waals surface area contributed by atoms with Crippen LogP contribution in [-0.4, -0.2) is 10.9 Å². The highest BCUT2D eigenvalue weighted by molar-refractivity contribution is 5.88. The predicted molar refractivity (Wildman–Crippen MR) is 113 cm³/mol. The predicted octanol–water partition coefficient (Wildman–Crippen LogP) is 4.86. The SMILES string of the molecule is CC(NC(=O)Cc1cccc2cccnc12)(c1ccccc1)c1ccccc1. The molecule has 0 saturated heterocycles. The molecule has 0 unspecified atom stereocenters. The summed E-state index contributed by atoms with van der Waals surface area (Å²) >= 11 is 0. The van der Waals surface area contributed by atoms with Gasteiger partial charge in [-0.1, -0.05) is 84.9 Å². The van der Waals surface area contributed by atoms with Crippen LogP contribution < -0.4 is 5.32 Å². The summed E-state index contributed by atoms with van der Waals surface area (Å²) in [4.78, 5) is 17.5. The van der Waals surface area contributed by atoms with Crippen molar-refractivity contribution in [3.05, 3.63) is 114 Å². The van der Waals surface area contributed by atoms with Gasteiger partial charge in [-0.2, -0.15) is 0 Å². The third-order valence-electron chi connectivity index (χ3n) is 5.16. The Kier molecular flexibility index (Phi) is 4.90. The summed E-state index contributed by atoms with van der Waals surface area (Å²) < 4.78 is 0. The number of fused-ring (bicyclic) bond motifs is 1. The largest absolute Gasteiger partial charge is 0.342 e. The summed E-state index contributed by atoms with van der Waals surface area (Å²) in [6, 6.07) is 30.0. The van der Waals surface area contributed by atoms with Crippen LogP contribution >= 0.6 is 0 Å². The number of nitrogens with one attached hydrogen (secondary N) is 1. The van der Waals surface area contributed by atoms with Crippen LogP contribution in [0, 0.1) is 0 Å². The van der Waals surface area contributed by atoms with Gasteiger partial charge in [-0.15, -0.1) is 0 Å². The first-order valence-corrected chi connectivity index (χ1v) is 9.41. The number of carbonyl (C=O) groups is 1.